The average Bonchev–Trinajstić information content (AvgIpc) is 2.85. The van der Waals surface area contributed by atoms with Crippen molar-refractivity contribution in [3.8, 4) is 28.4 Å². The summed E-state index contributed by atoms with van der Waals surface area (Å²) in [5, 5.41) is 0. The summed E-state index contributed by atoms with van der Waals surface area (Å²) < 4.78 is 105. The van der Waals surface area contributed by atoms with Gasteiger partial charge in [-0.15, -0.1) is 13.2 Å². The summed E-state index contributed by atoms with van der Waals surface area (Å²) in [6.07, 6.45) is -13.5. The second kappa shape index (κ2) is 11.2. The fourth-order valence-corrected chi connectivity index (χ4v) is 4.26. The first-order valence-corrected chi connectivity index (χ1v) is 11.8. The molecule has 0 saturated carbocycles. The van der Waals surface area contributed by atoms with Crippen LogP contribution in [0.4, 0.5) is 36.4 Å². The number of fused-ring (bicyclic) bond motifs is 1. The minimum Gasteiger partial charge on any atom is -0.488 e. The molecule has 0 spiro atoms. The third kappa shape index (κ3) is 6.86. The number of ether oxygens (including phenoxy) is 3. The molecule has 5 nitrogen and oxygen atoms in total. The Morgan fingerprint density at radius 3 is 2.26 bits per heavy atom. The number of alkyl halides is 7. The van der Waals surface area contributed by atoms with E-state index in [2.05, 4.69) is 9.47 Å². The van der Waals surface area contributed by atoms with E-state index in [-0.39, 0.29) is 12.4 Å². The third-order valence-corrected chi connectivity index (χ3v) is 5.98. The van der Waals surface area contributed by atoms with Gasteiger partial charge in [0, 0.05) is 18.7 Å². The molecule has 0 aromatic heterocycles. The van der Waals surface area contributed by atoms with Crippen molar-refractivity contribution in [2.75, 3.05) is 38.7 Å². The molecular weight excluding hydrogens is 533 g/mol. The van der Waals surface area contributed by atoms with Crippen LogP contribution in [0.5, 0.6) is 17.2 Å². The molecule has 3 aromatic carbocycles. The summed E-state index contributed by atoms with van der Waals surface area (Å²) in [5.41, 5.74) is 2.08. The van der Waals surface area contributed by atoms with Crippen molar-refractivity contribution in [3.63, 3.8) is 0 Å². The van der Waals surface area contributed by atoms with Crippen LogP contribution in [0, 0.1) is 0 Å². The van der Waals surface area contributed by atoms with E-state index >= 15 is 0 Å². The molecule has 3 aromatic rings. The van der Waals surface area contributed by atoms with Crippen LogP contribution in [0.2, 0.25) is 0 Å². The highest BCUT2D eigenvalue weighted by Crippen LogP contribution is 2.46. The first kappa shape index (κ1) is 28.3. The first-order valence-electron chi connectivity index (χ1n) is 11.8. The Hall–Kier alpha value is -3.67. The van der Waals surface area contributed by atoms with E-state index < -0.39 is 30.7 Å². The van der Waals surface area contributed by atoms with Crippen molar-refractivity contribution in [2.45, 2.75) is 24.9 Å². The maximum atomic E-state index is 13.5. The molecule has 1 atom stereocenters. The van der Waals surface area contributed by atoms with Gasteiger partial charge in [-0.2, -0.15) is 17.6 Å². The molecule has 4 rings (SSSR count). The van der Waals surface area contributed by atoms with Crippen LogP contribution >= 0.6 is 0 Å². The lowest BCUT2D eigenvalue weighted by molar-refractivity contribution is -0.274. The summed E-state index contributed by atoms with van der Waals surface area (Å²) in [6.45, 7) is 1.10. The van der Waals surface area contributed by atoms with Crippen LogP contribution in [0.25, 0.3) is 11.1 Å². The van der Waals surface area contributed by atoms with Gasteiger partial charge < -0.3 is 24.0 Å². The van der Waals surface area contributed by atoms with Crippen molar-refractivity contribution in [1.29, 1.82) is 0 Å². The molecule has 0 aliphatic carbocycles. The van der Waals surface area contributed by atoms with Crippen molar-refractivity contribution in [1.82, 2.24) is 4.90 Å². The lowest BCUT2D eigenvalue weighted by Crippen LogP contribution is -2.40. The van der Waals surface area contributed by atoms with Crippen LogP contribution in [0.1, 0.15) is 11.6 Å². The van der Waals surface area contributed by atoms with E-state index in [4.69, 9.17) is 4.74 Å². The van der Waals surface area contributed by atoms with E-state index in [0.29, 0.717) is 41.2 Å². The molecule has 12 heteroatoms. The second-order valence-corrected chi connectivity index (χ2v) is 9.09. The number of hydrogen-bond acceptors (Lipinski definition) is 5. The summed E-state index contributed by atoms with van der Waals surface area (Å²) in [7, 11) is 3.75. The number of nitrogens with zero attached hydrogens (tertiary/aromatic N) is 2. The van der Waals surface area contributed by atoms with Crippen LogP contribution in [0.15, 0.2) is 66.7 Å². The van der Waals surface area contributed by atoms with Gasteiger partial charge in [-0.25, -0.2) is 0 Å². The molecule has 0 saturated heterocycles. The van der Waals surface area contributed by atoms with Gasteiger partial charge in [-0.1, -0.05) is 36.4 Å². The number of para-hydroxylation sites is 1. The zero-order valence-electron chi connectivity index (χ0n) is 20.9. The topological polar surface area (TPSA) is 34.2 Å². The van der Waals surface area contributed by atoms with Gasteiger partial charge in [0.2, 0.25) is 0 Å². The lowest BCUT2D eigenvalue weighted by Gasteiger charge is -2.40. The van der Waals surface area contributed by atoms with Gasteiger partial charge in [0.25, 0.3) is 0 Å². The fraction of sp³-hybridized carbons (Fsp3) is 0.333. The first-order chi connectivity index (χ1) is 18.3. The third-order valence-electron chi connectivity index (χ3n) is 5.98. The number of halogens is 7. The molecule has 210 valence electrons. The Labute approximate surface area is 220 Å². The molecule has 0 amide bonds. The molecule has 1 aliphatic heterocycles. The van der Waals surface area contributed by atoms with E-state index in [1.807, 2.05) is 23.9 Å². The molecule has 0 radical (unpaired) electrons. The minimum absolute atomic E-state index is 0.0465. The highest BCUT2D eigenvalue weighted by molar-refractivity contribution is 5.80. The van der Waals surface area contributed by atoms with Gasteiger partial charge in [0.1, 0.15) is 18.1 Å². The molecule has 1 aliphatic rings. The number of rotatable bonds is 9. The second-order valence-electron chi connectivity index (χ2n) is 9.09. The monoisotopic (exact) mass is 558 g/mol. The number of benzene rings is 3. The summed E-state index contributed by atoms with van der Waals surface area (Å²) >= 11 is 0. The van der Waals surface area contributed by atoms with E-state index in [0.717, 1.165) is 6.07 Å². The van der Waals surface area contributed by atoms with E-state index in [1.165, 1.54) is 30.3 Å². The van der Waals surface area contributed by atoms with Crippen molar-refractivity contribution in [2.24, 2.45) is 0 Å². The lowest BCUT2D eigenvalue weighted by atomic mass is 9.98. The quantitative estimate of drug-likeness (QED) is 0.265. The zero-order chi connectivity index (χ0) is 28.4. The Morgan fingerprint density at radius 1 is 0.923 bits per heavy atom. The predicted octanol–water partition coefficient (Wildman–Crippen LogP) is 6.99. The van der Waals surface area contributed by atoms with E-state index in [1.54, 1.807) is 30.3 Å². The number of likely N-dealkylation sites (N-methyl/N-ethyl adjacent to an activating group) is 1. The molecule has 0 N–H and O–H groups in total. The normalized spacial score (nSPS) is 15.8. The van der Waals surface area contributed by atoms with Crippen molar-refractivity contribution in [3.05, 3.63) is 72.3 Å². The molecule has 1 heterocycles. The van der Waals surface area contributed by atoms with Gasteiger partial charge >= 0.3 is 18.9 Å². The van der Waals surface area contributed by atoms with Crippen molar-refractivity contribution >= 4 is 5.69 Å². The fourth-order valence-electron chi connectivity index (χ4n) is 4.26. The van der Waals surface area contributed by atoms with Crippen LogP contribution in [0.3, 0.4) is 0 Å². The molecule has 0 fully saturated rings. The molecule has 39 heavy (non-hydrogen) atoms. The molecular formula is C27H25F7N2O3. The minimum atomic E-state index is -4.85. The SMILES string of the molecule is CN(C)CCN1c2cccc(-c3cccc(OC(F)(F)F)c3)c2OCC1c1cccc(OC(F)(F)C(F)F)c1. The van der Waals surface area contributed by atoms with E-state index in [9.17, 15) is 30.7 Å². The maximum absolute atomic E-state index is 13.5. The van der Waals surface area contributed by atoms with Crippen LogP contribution in [-0.4, -0.2) is 57.6 Å². The number of anilines is 1. The Balaban J connectivity index is 1.71. The average molecular weight is 558 g/mol. The molecule has 1 unspecified atom stereocenters. The van der Waals surface area contributed by atoms with Gasteiger partial charge in [-0.3, -0.25) is 0 Å². The van der Waals surface area contributed by atoms with Gasteiger partial charge in [-0.05, 0) is 55.6 Å². The standard InChI is InChI=1S/C27H25F7N2O3/c1-35(2)12-13-36-22-11-5-10-21(17-6-3-9-20(14-17)39-27(32,33)34)24(22)37-16-23(36)18-7-4-8-19(15-18)38-26(30,31)25(28)29/h3-11,14-15,23,25H,12-13,16H2,1-2H3. The van der Waals surface area contributed by atoms with Gasteiger partial charge in [0.15, 0.2) is 5.75 Å². The smallest absolute Gasteiger partial charge is 0.488 e. The Kier molecular flexibility index (Phi) is 8.15. The predicted molar refractivity (Wildman–Crippen MR) is 131 cm³/mol. The Bertz CT molecular complexity index is 1280. The van der Waals surface area contributed by atoms with Gasteiger partial charge in [0.05, 0.1) is 11.7 Å². The van der Waals surface area contributed by atoms with Crippen molar-refractivity contribution < 1.29 is 44.9 Å². The largest absolute Gasteiger partial charge is 0.573 e. The summed E-state index contributed by atoms with van der Waals surface area (Å²) in [4.78, 5) is 3.92. The highest BCUT2D eigenvalue weighted by atomic mass is 19.4. The highest BCUT2D eigenvalue weighted by Gasteiger charge is 2.44. The van der Waals surface area contributed by atoms with Crippen LogP contribution < -0.4 is 19.1 Å². The zero-order valence-corrected chi connectivity index (χ0v) is 20.9. The number of hydrogen-bond donors (Lipinski definition) is 0. The Morgan fingerprint density at radius 2 is 1.59 bits per heavy atom. The van der Waals surface area contributed by atoms with Crippen LogP contribution in [-0.2, 0) is 0 Å². The summed E-state index contributed by atoms with van der Waals surface area (Å²) in [5.74, 6) is -0.382. The molecule has 0 bridgehead atoms. The summed E-state index contributed by atoms with van der Waals surface area (Å²) in [6, 6.07) is 15.7. The maximum Gasteiger partial charge on any atom is 0.573 e.